The van der Waals surface area contributed by atoms with Crippen LogP contribution in [0.1, 0.15) is 37.8 Å². The highest BCUT2D eigenvalue weighted by Crippen LogP contribution is 2.36. The molecule has 5 rings (SSSR count). The van der Waals surface area contributed by atoms with Gasteiger partial charge in [-0.15, -0.1) is 5.59 Å². The molecule has 1 atom stereocenters. The number of aliphatic carboxylic acids is 1. The quantitative estimate of drug-likeness (QED) is 0.463. The van der Waals surface area contributed by atoms with E-state index < -0.39 is 5.97 Å². The highest BCUT2D eigenvalue weighted by molar-refractivity contribution is 5.98. The van der Waals surface area contributed by atoms with Gasteiger partial charge in [0.25, 0.3) is 0 Å². The fourth-order valence-corrected chi connectivity index (χ4v) is 4.67. The fraction of sp³-hybridized carbons (Fsp3) is 0.250. The molecule has 184 valence electrons. The summed E-state index contributed by atoms with van der Waals surface area (Å²) in [5.74, 6) is 0.815. The number of pyridine rings is 1. The number of rotatable bonds is 5. The third-order valence-corrected chi connectivity index (χ3v) is 6.65. The molecule has 0 bridgehead atoms. The number of fused-ring (bicyclic) bond motifs is 2. The minimum Gasteiger partial charge on any atom is -0.481 e. The summed E-state index contributed by atoms with van der Waals surface area (Å²) in [6, 6.07) is 17.2. The van der Waals surface area contributed by atoms with Crippen LogP contribution in [0, 0.1) is 11.3 Å². The molecule has 0 saturated carbocycles. The first-order chi connectivity index (χ1) is 17.4. The molecule has 2 aliphatic rings. The molecular formula is C28H28N4O4. The number of carboxylic acids is 1. The first-order valence-corrected chi connectivity index (χ1v) is 11.9. The summed E-state index contributed by atoms with van der Waals surface area (Å²) in [7, 11) is 0. The lowest BCUT2D eigenvalue weighted by Gasteiger charge is -2.38. The van der Waals surface area contributed by atoms with Gasteiger partial charge >= 0.3 is 5.97 Å². The number of nitrogens with zero attached hydrogens (tertiary/aromatic N) is 2. The summed E-state index contributed by atoms with van der Waals surface area (Å²) in [6.45, 7) is 4.39. The number of allylic oxidation sites excluding steroid dienone is 2. The van der Waals surface area contributed by atoms with E-state index in [1.54, 1.807) is 29.3 Å². The van der Waals surface area contributed by atoms with Gasteiger partial charge < -0.3 is 9.84 Å². The van der Waals surface area contributed by atoms with Gasteiger partial charge in [0.05, 0.1) is 18.5 Å². The number of nitrogens with one attached hydrogen (secondary N) is 2. The van der Waals surface area contributed by atoms with E-state index in [1.807, 2.05) is 37.4 Å². The molecule has 0 fully saturated rings. The summed E-state index contributed by atoms with van der Waals surface area (Å²) >= 11 is 0. The van der Waals surface area contributed by atoms with Crippen molar-refractivity contribution in [2.45, 2.75) is 33.1 Å². The molecule has 0 aliphatic carbocycles. The van der Waals surface area contributed by atoms with E-state index in [0.29, 0.717) is 35.7 Å². The second kappa shape index (κ2) is 9.93. The van der Waals surface area contributed by atoms with E-state index in [9.17, 15) is 4.79 Å². The largest absolute Gasteiger partial charge is 0.481 e. The molecule has 1 aromatic heterocycles. The van der Waals surface area contributed by atoms with Crippen molar-refractivity contribution in [3.05, 3.63) is 89.0 Å². The first-order valence-electron chi connectivity index (χ1n) is 11.9. The van der Waals surface area contributed by atoms with Gasteiger partial charge in [-0.3, -0.25) is 20.0 Å². The van der Waals surface area contributed by atoms with Crippen LogP contribution in [-0.4, -0.2) is 33.5 Å². The van der Waals surface area contributed by atoms with E-state index >= 15 is 0 Å². The maximum absolute atomic E-state index is 10.9. The molecule has 0 saturated heterocycles. The van der Waals surface area contributed by atoms with Gasteiger partial charge in [-0.25, -0.2) is 5.01 Å². The Labute approximate surface area is 209 Å². The molecule has 0 radical (unpaired) electrons. The van der Waals surface area contributed by atoms with Crippen molar-refractivity contribution in [1.82, 2.24) is 15.6 Å². The lowest BCUT2D eigenvalue weighted by molar-refractivity contribution is -0.136. The fourth-order valence-electron chi connectivity index (χ4n) is 4.67. The molecule has 3 aromatic rings. The van der Waals surface area contributed by atoms with Crippen molar-refractivity contribution in [2.75, 3.05) is 6.61 Å². The summed E-state index contributed by atoms with van der Waals surface area (Å²) in [5, 5.41) is 20.7. The number of amidine groups is 1. The number of hydrogen-bond donors (Lipinski definition) is 3. The van der Waals surface area contributed by atoms with Crippen molar-refractivity contribution in [3.63, 3.8) is 0 Å². The summed E-state index contributed by atoms with van der Waals surface area (Å²) in [6.07, 6.45) is 3.32. The molecule has 3 N–H and O–H groups in total. The molecule has 0 amide bonds. The molecular weight excluding hydrogens is 456 g/mol. The van der Waals surface area contributed by atoms with E-state index in [0.717, 1.165) is 34.2 Å². The Bertz CT molecular complexity index is 1390. The summed E-state index contributed by atoms with van der Waals surface area (Å²) in [5.41, 5.74) is 8.27. The van der Waals surface area contributed by atoms with E-state index in [1.165, 1.54) is 0 Å². The average molecular weight is 485 g/mol. The van der Waals surface area contributed by atoms with Crippen molar-refractivity contribution in [2.24, 2.45) is 5.92 Å². The maximum atomic E-state index is 10.9. The van der Waals surface area contributed by atoms with Gasteiger partial charge in [0.2, 0.25) is 0 Å². The average Bonchev–Trinajstić information content (AvgIpc) is 2.89. The van der Waals surface area contributed by atoms with E-state index in [4.69, 9.17) is 20.1 Å². The van der Waals surface area contributed by atoms with Gasteiger partial charge in [-0.1, -0.05) is 37.3 Å². The first kappa shape index (κ1) is 23.7. The molecule has 2 aromatic carbocycles. The Balaban J connectivity index is 1.47. The molecule has 36 heavy (non-hydrogen) atoms. The molecule has 2 aliphatic heterocycles. The topological polar surface area (TPSA) is 108 Å². The predicted molar refractivity (Wildman–Crippen MR) is 137 cm³/mol. The number of aromatic nitrogens is 1. The van der Waals surface area contributed by atoms with E-state index in [-0.39, 0.29) is 18.2 Å². The Hall–Kier alpha value is -4.01. The molecule has 8 nitrogen and oxygen atoms in total. The van der Waals surface area contributed by atoms with E-state index in [2.05, 4.69) is 23.6 Å². The van der Waals surface area contributed by atoms with Crippen LogP contribution < -0.4 is 10.3 Å². The van der Waals surface area contributed by atoms with Crippen LogP contribution in [0.15, 0.2) is 77.8 Å². The Kier molecular flexibility index (Phi) is 6.54. The van der Waals surface area contributed by atoms with Crippen LogP contribution in [0.3, 0.4) is 0 Å². The predicted octanol–water partition coefficient (Wildman–Crippen LogP) is 5.08. The van der Waals surface area contributed by atoms with Crippen LogP contribution >= 0.6 is 0 Å². The second-order valence-electron chi connectivity index (χ2n) is 9.15. The van der Waals surface area contributed by atoms with Crippen LogP contribution in [0.25, 0.3) is 16.5 Å². The van der Waals surface area contributed by atoms with Crippen molar-refractivity contribution >= 4 is 28.3 Å². The van der Waals surface area contributed by atoms with Crippen LogP contribution in [0.2, 0.25) is 0 Å². The number of carboxylic acid groups (broad SMARTS) is 1. The zero-order valence-electron chi connectivity index (χ0n) is 20.2. The van der Waals surface area contributed by atoms with Gasteiger partial charge in [-0.2, -0.15) is 0 Å². The normalized spacial score (nSPS) is 18.7. The smallest absolute Gasteiger partial charge is 0.307 e. The number of benzene rings is 2. The standard InChI is InChI=1S/C28H28N4O4/c1-17-7-12-25(36-22-10-8-19(9-11-22)13-26(33)34)18(2)28(29)32-27(17)23(16-35-31-32)21-14-20-5-3-4-6-24(20)30-15-21/h3-6,8-11,14-15,17,29,31H,7,12-13,16H2,1-2H3,(H,33,34). The highest BCUT2D eigenvalue weighted by Gasteiger charge is 2.32. The van der Waals surface area contributed by atoms with Crippen molar-refractivity contribution < 1.29 is 19.5 Å². The lowest BCUT2D eigenvalue weighted by Crippen LogP contribution is -2.48. The van der Waals surface area contributed by atoms with Gasteiger partial charge in [0.15, 0.2) is 0 Å². The third-order valence-electron chi connectivity index (χ3n) is 6.65. The molecule has 0 spiro atoms. The second-order valence-corrected chi connectivity index (χ2v) is 9.15. The van der Waals surface area contributed by atoms with Crippen LogP contribution in [-0.2, 0) is 16.1 Å². The third kappa shape index (κ3) is 4.73. The maximum Gasteiger partial charge on any atom is 0.307 e. The number of ether oxygens (including phenoxy) is 1. The zero-order valence-corrected chi connectivity index (χ0v) is 20.2. The minimum absolute atomic E-state index is 0.0328. The molecule has 1 unspecified atom stereocenters. The van der Waals surface area contributed by atoms with Gasteiger partial charge in [0.1, 0.15) is 17.3 Å². The summed E-state index contributed by atoms with van der Waals surface area (Å²) < 4.78 is 6.19. The SMILES string of the molecule is CC1=C(Oc2ccc(CC(=O)O)cc2)CCC(C)C2=C(c3cnc4ccccc4c3)CONN2C1=N. The lowest BCUT2D eigenvalue weighted by atomic mass is 9.90. The van der Waals surface area contributed by atoms with Crippen molar-refractivity contribution in [3.8, 4) is 5.75 Å². The van der Waals surface area contributed by atoms with Gasteiger partial charge in [-0.05, 0) is 49.1 Å². The Morgan fingerprint density at radius 3 is 2.81 bits per heavy atom. The number of hydrogen-bond acceptors (Lipinski definition) is 6. The molecule has 8 heteroatoms. The highest BCUT2D eigenvalue weighted by atomic mass is 16.7. The van der Waals surface area contributed by atoms with Crippen LogP contribution in [0.5, 0.6) is 5.75 Å². The number of hydrazine groups is 1. The van der Waals surface area contributed by atoms with Gasteiger partial charge in [0, 0.05) is 40.4 Å². The Morgan fingerprint density at radius 2 is 2.03 bits per heavy atom. The summed E-state index contributed by atoms with van der Waals surface area (Å²) in [4.78, 5) is 21.3. The number of carbonyl (C=O) groups is 1. The number of para-hydroxylation sites is 1. The minimum atomic E-state index is -0.872. The Morgan fingerprint density at radius 1 is 1.25 bits per heavy atom. The zero-order chi connectivity index (χ0) is 25.2. The van der Waals surface area contributed by atoms with Crippen LogP contribution in [0.4, 0.5) is 0 Å². The molecule has 3 heterocycles. The van der Waals surface area contributed by atoms with Crippen molar-refractivity contribution in [1.29, 1.82) is 5.41 Å². The monoisotopic (exact) mass is 484 g/mol.